The van der Waals surface area contributed by atoms with Crippen molar-refractivity contribution in [1.82, 2.24) is 14.7 Å². The molecule has 2 aromatic heterocycles. The molecule has 1 aliphatic rings. The second kappa shape index (κ2) is 8.74. The Kier molecular flexibility index (Phi) is 5.63. The first kappa shape index (κ1) is 21.3. The number of thioether (sulfide) groups is 1. The minimum atomic E-state index is -0.963. The van der Waals surface area contributed by atoms with Crippen LogP contribution in [0.2, 0.25) is 0 Å². The summed E-state index contributed by atoms with van der Waals surface area (Å²) < 4.78 is 34.0. The van der Waals surface area contributed by atoms with Gasteiger partial charge in [0.25, 0.3) is 0 Å². The number of phenols is 1. The quantitative estimate of drug-likeness (QED) is 0.435. The van der Waals surface area contributed by atoms with Gasteiger partial charge in [0.05, 0.1) is 24.0 Å². The summed E-state index contributed by atoms with van der Waals surface area (Å²) in [5.74, 6) is -1.35. The minimum Gasteiger partial charge on any atom is -0.508 e. The Balaban J connectivity index is 1.49. The SMILES string of the molecule is O=C1CSC(c2cn(-c3ccc(F)c(F)c3)nc2-c2ccoc2)N1CCc1ccc(O)cc1. The number of amides is 1. The molecule has 168 valence electrons. The number of carbonyl (C=O) groups is 1. The second-order valence-electron chi connectivity index (χ2n) is 7.65. The monoisotopic (exact) mass is 467 g/mol. The molecule has 2 aromatic carbocycles. The standard InChI is InChI=1S/C24H19F2N3O3S/c25-20-6-3-17(11-21(20)26)29-12-19(23(27-29)16-8-10-32-13-16)24-28(22(31)14-33-24)9-7-15-1-4-18(30)5-2-15/h1-6,8,10-13,24,30H,7,9,14H2. The summed E-state index contributed by atoms with van der Waals surface area (Å²) in [4.78, 5) is 14.5. The summed E-state index contributed by atoms with van der Waals surface area (Å²) in [5, 5.41) is 13.8. The van der Waals surface area contributed by atoms with Crippen molar-refractivity contribution in [3.63, 3.8) is 0 Å². The molecule has 0 spiro atoms. The number of aromatic nitrogens is 2. The van der Waals surface area contributed by atoms with Crippen molar-refractivity contribution in [2.75, 3.05) is 12.3 Å². The van der Waals surface area contributed by atoms with Crippen molar-refractivity contribution < 1.29 is 23.1 Å². The maximum Gasteiger partial charge on any atom is 0.233 e. The van der Waals surface area contributed by atoms with E-state index in [4.69, 9.17) is 4.42 Å². The molecule has 9 heteroatoms. The van der Waals surface area contributed by atoms with E-state index < -0.39 is 11.6 Å². The number of halogens is 2. The topological polar surface area (TPSA) is 71.5 Å². The Hall–Kier alpha value is -3.59. The lowest BCUT2D eigenvalue weighted by Gasteiger charge is -2.24. The molecule has 1 unspecified atom stereocenters. The third-order valence-electron chi connectivity index (χ3n) is 5.52. The fourth-order valence-electron chi connectivity index (χ4n) is 3.82. The highest BCUT2D eigenvalue weighted by molar-refractivity contribution is 8.00. The lowest BCUT2D eigenvalue weighted by Crippen LogP contribution is -2.30. The van der Waals surface area contributed by atoms with E-state index in [1.165, 1.54) is 28.8 Å². The Labute approximate surface area is 192 Å². The third-order valence-corrected chi connectivity index (χ3v) is 6.75. The first-order valence-corrected chi connectivity index (χ1v) is 11.3. The van der Waals surface area contributed by atoms with Gasteiger partial charge in [-0.05, 0) is 42.3 Å². The molecule has 5 rings (SSSR count). The van der Waals surface area contributed by atoms with E-state index in [-0.39, 0.29) is 17.0 Å². The van der Waals surface area contributed by atoms with Crippen LogP contribution in [0.25, 0.3) is 16.9 Å². The Bertz CT molecular complexity index is 1290. The number of hydrogen-bond acceptors (Lipinski definition) is 5. The van der Waals surface area contributed by atoms with Crippen LogP contribution in [0.15, 0.2) is 71.7 Å². The van der Waals surface area contributed by atoms with Crippen LogP contribution in [0, 0.1) is 11.6 Å². The van der Waals surface area contributed by atoms with E-state index in [0.29, 0.717) is 30.1 Å². The molecule has 3 heterocycles. The van der Waals surface area contributed by atoms with E-state index in [1.807, 2.05) is 12.1 Å². The first-order chi connectivity index (χ1) is 16.0. The van der Waals surface area contributed by atoms with Crippen LogP contribution in [0.3, 0.4) is 0 Å². The molecule has 1 saturated heterocycles. The molecule has 6 nitrogen and oxygen atoms in total. The fourth-order valence-corrected chi connectivity index (χ4v) is 5.04. The van der Waals surface area contributed by atoms with Gasteiger partial charge >= 0.3 is 0 Å². The van der Waals surface area contributed by atoms with Crippen LogP contribution in [0.1, 0.15) is 16.5 Å². The van der Waals surface area contributed by atoms with Gasteiger partial charge in [-0.2, -0.15) is 5.10 Å². The number of benzene rings is 2. The smallest absolute Gasteiger partial charge is 0.233 e. The van der Waals surface area contributed by atoms with Crippen molar-refractivity contribution in [2.45, 2.75) is 11.8 Å². The van der Waals surface area contributed by atoms with Crippen molar-refractivity contribution >= 4 is 17.7 Å². The minimum absolute atomic E-state index is 0.0162. The zero-order valence-corrected chi connectivity index (χ0v) is 18.1. The zero-order chi connectivity index (χ0) is 22.9. The lowest BCUT2D eigenvalue weighted by atomic mass is 10.1. The number of phenolic OH excluding ortho intramolecular Hbond substituents is 1. The average Bonchev–Trinajstić information content (AvgIpc) is 3.55. The highest BCUT2D eigenvalue weighted by atomic mass is 32.2. The van der Waals surface area contributed by atoms with Gasteiger partial charge in [0, 0.05) is 29.9 Å². The Morgan fingerprint density at radius 3 is 2.67 bits per heavy atom. The number of furan rings is 1. The van der Waals surface area contributed by atoms with Crippen LogP contribution in [-0.4, -0.2) is 38.0 Å². The molecular weight excluding hydrogens is 448 g/mol. The van der Waals surface area contributed by atoms with E-state index in [1.54, 1.807) is 35.6 Å². The van der Waals surface area contributed by atoms with Crippen molar-refractivity contribution in [2.24, 2.45) is 0 Å². The number of hydrogen-bond donors (Lipinski definition) is 1. The maximum absolute atomic E-state index is 13.8. The molecule has 1 fully saturated rings. The van der Waals surface area contributed by atoms with Gasteiger partial charge in [-0.25, -0.2) is 13.5 Å². The molecule has 0 radical (unpaired) electrons. The van der Waals surface area contributed by atoms with Gasteiger partial charge in [-0.3, -0.25) is 4.79 Å². The molecule has 33 heavy (non-hydrogen) atoms. The molecule has 0 bridgehead atoms. The van der Waals surface area contributed by atoms with Gasteiger partial charge in [0.1, 0.15) is 16.8 Å². The summed E-state index contributed by atoms with van der Waals surface area (Å²) >= 11 is 1.49. The Morgan fingerprint density at radius 1 is 1.12 bits per heavy atom. The summed E-state index contributed by atoms with van der Waals surface area (Å²) in [6.45, 7) is 0.489. The third kappa shape index (κ3) is 4.23. The van der Waals surface area contributed by atoms with Gasteiger partial charge in [-0.15, -0.1) is 11.8 Å². The van der Waals surface area contributed by atoms with Crippen LogP contribution >= 0.6 is 11.8 Å². The first-order valence-electron chi connectivity index (χ1n) is 10.3. The van der Waals surface area contributed by atoms with Crippen LogP contribution < -0.4 is 0 Å². The van der Waals surface area contributed by atoms with Gasteiger partial charge < -0.3 is 14.4 Å². The summed E-state index contributed by atoms with van der Waals surface area (Å²) in [6, 6.07) is 12.3. The average molecular weight is 467 g/mol. The summed E-state index contributed by atoms with van der Waals surface area (Å²) in [6.07, 6.45) is 5.47. The van der Waals surface area contributed by atoms with E-state index in [9.17, 15) is 18.7 Å². The van der Waals surface area contributed by atoms with Gasteiger partial charge in [0.15, 0.2) is 11.6 Å². The number of nitrogens with zero attached hydrogens (tertiary/aromatic N) is 3. The van der Waals surface area contributed by atoms with E-state index in [0.717, 1.165) is 28.8 Å². The maximum atomic E-state index is 13.8. The molecule has 1 N–H and O–H groups in total. The molecule has 0 aliphatic carbocycles. The van der Waals surface area contributed by atoms with Crippen LogP contribution in [0.4, 0.5) is 8.78 Å². The summed E-state index contributed by atoms with van der Waals surface area (Å²) in [7, 11) is 0. The largest absolute Gasteiger partial charge is 0.508 e. The predicted octanol–water partition coefficient (Wildman–Crippen LogP) is 4.93. The van der Waals surface area contributed by atoms with E-state index in [2.05, 4.69) is 5.10 Å². The fraction of sp³-hybridized carbons (Fsp3) is 0.167. The number of carbonyl (C=O) groups excluding carboxylic acids is 1. The predicted molar refractivity (Wildman–Crippen MR) is 120 cm³/mol. The lowest BCUT2D eigenvalue weighted by molar-refractivity contribution is -0.128. The molecule has 1 atom stereocenters. The highest BCUT2D eigenvalue weighted by Gasteiger charge is 2.35. The van der Waals surface area contributed by atoms with E-state index >= 15 is 0 Å². The zero-order valence-electron chi connectivity index (χ0n) is 17.3. The second-order valence-corrected chi connectivity index (χ2v) is 8.72. The molecule has 1 aliphatic heterocycles. The van der Waals surface area contributed by atoms with Crippen molar-refractivity contribution in [3.05, 3.63) is 90.0 Å². The normalized spacial score (nSPS) is 16.0. The van der Waals surface area contributed by atoms with Crippen molar-refractivity contribution in [3.8, 4) is 22.7 Å². The van der Waals surface area contributed by atoms with Crippen molar-refractivity contribution in [1.29, 1.82) is 0 Å². The van der Waals surface area contributed by atoms with Crippen LogP contribution in [-0.2, 0) is 11.2 Å². The molecule has 1 amide bonds. The number of aromatic hydroxyl groups is 1. The number of rotatable bonds is 6. The van der Waals surface area contributed by atoms with Crippen LogP contribution in [0.5, 0.6) is 5.75 Å². The van der Waals surface area contributed by atoms with Gasteiger partial charge in [0.2, 0.25) is 5.91 Å². The Morgan fingerprint density at radius 2 is 1.94 bits per heavy atom. The molecule has 4 aromatic rings. The highest BCUT2D eigenvalue weighted by Crippen LogP contribution is 2.43. The van der Waals surface area contributed by atoms with Gasteiger partial charge in [-0.1, -0.05) is 12.1 Å². The molecular formula is C24H19F2N3O3S. The molecule has 0 saturated carbocycles. The summed E-state index contributed by atoms with van der Waals surface area (Å²) in [5.41, 5.74) is 3.49.